The Morgan fingerprint density at radius 1 is 0.846 bits per heavy atom. The van der Waals surface area contributed by atoms with Gasteiger partial charge >= 0.3 is 0 Å². The van der Waals surface area contributed by atoms with Crippen molar-refractivity contribution in [1.29, 1.82) is 0 Å². The van der Waals surface area contributed by atoms with Crippen LogP contribution >= 0.6 is 0 Å². The largest absolute Gasteiger partial charge is 0.505 e. The molecule has 1 aromatic rings. The average Bonchev–Trinajstić information content (AvgIpc) is 3.12. The van der Waals surface area contributed by atoms with Gasteiger partial charge in [-0.1, -0.05) is 132 Å². The molecule has 0 bridgehead atoms. The third-order valence-corrected chi connectivity index (χ3v) is 5.33. The number of fused-ring (bicyclic) bond motifs is 1. The Morgan fingerprint density at radius 3 is 1.29 bits per heavy atom. The molecule has 3 nitrogen and oxygen atoms in total. The molecule has 0 aromatic heterocycles. The molecule has 0 fully saturated rings. The van der Waals surface area contributed by atoms with Gasteiger partial charge in [0.15, 0.2) is 5.78 Å². The van der Waals surface area contributed by atoms with Gasteiger partial charge in [0, 0.05) is 13.1 Å². The summed E-state index contributed by atoms with van der Waals surface area (Å²) in [4.78, 5) is 11.8. The van der Waals surface area contributed by atoms with E-state index in [1.54, 1.807) is 37.3 Å². The third kappa shape index (κ3) is 85.2. The Hall–Kier alpha value is -4.65. The highest BCUT2D eigenvalue weighted by Gasteiger charge is 2.09. The molecular formula is C49H81NO2. The van der Waals surface area contributed by atoms with Crippen LogP contribution in [-0.4, -0.2) is 37.9 Å². The molecule has 0 N–H and O–H groups in total. The lowest BCUT2D eigenvalue weighted by molar-refractivity contribution is -0.112. The second-order valence-electron chi connectivity index (χ2n) is 10.2. The number of hydrogen-bond donors (Lipinski definition) is 0. The second-order valence-corrected chi connectivity index (χ2v) is 10.2. The van der Waals surface area contributed by atoms with Gasteiger partial charge in [0.1, 0.15) is 0 Å². The molecule has 3 heteroatoms. The molecule has 1 aliphatic rings. The summed E-state index contributed by atoms with van der Waals surface area (Å²) in [6, 6.07) is 8.63. The van der Waals surface area contributed by atoms with Gasteiger partial charge in [0.05, 0.1) is 13.4 Å². The molecule has 0 amide bonds. The van der Waals surface area contributed by atoms with Crippen molar-refractivity contribution in [1.82, 2.24) is 4.90 Å². The Morgan fingerprint density at radius 2 is 1.17 bits per heavy atom. The van der Waals surface area contributed by atoms with Gasteiger partial charge in [-0.05, 0) is 89.5 Å². The first-order chi connectivity index (χ1) is 24.8. The summed E-state index contributed by atoms with van der Waals surface area (Å²) >= 11 is 0. The van der Waals surface area contributed by atoms with Crippen molar-refractivity contribution in [3.05, 3.63) is 174 Å². The number of terminal acetylenes is 1. The Kier molecular flexibility index (Phi) is 86.3. The van der Waals surface area contributed by atoms with Crippen molar-refractivity contribution >= 4 is 5.78 Å². The van der Waals surface area contributed by atoms with Crippen LogP contribution in [0.1, 0.15) is 79.4 Å². The Bertz CT molecular complexity index is 978. The Labute approximate surface area is 326 Å². The van der Waals surface area contributed by atoms with E-state index >= 15 is 0 Å². The highest BCUT2D eigenvalue weighted by molar-refractivity contribution is 5.86. The van der Waals surface area contributed by atoms with Crippen LogP contribution < -0.4 is 0 Å². The number of allylic oxidation sites excluding steroid dienone is 9. The van der Waals surface area contributed by atoms with E-state index in [0.29, 0.717) is 5.92 Å². The normalized spacial score (nSPS) is 8.46. The number of aryl methyl sites for hydroxylation is 2. The first-order valence-electron chi connectivity index (χ1n) is 17.7. The average molecular weight is 716 g/mol. The summed E-state index contributed by atoms with van der Waals surface area (Å²) in [5.74, 6) is 3.46. The minimum Gasteiger partial charge on any atom is -0.505 e. The van der Waals surface area contributed by atoms with Crippen molar-refractivity contribution in [3.63, 3.8) is 0 Å². The second kappa shape index (κ2) is 68.3. The van der Waals surface area contributed by atoms with Gasteiger partial charge in [-0.2, -0.15) is 0 Å². The van der Waals surface area contributed by atoms with Crippen molar-refractivity contribution in [2.24, 2.45) is 11.8 Å². The number of benzene rings is 1. The zero-order chi connectivity index (χ0) is 42.4. The number of carbonyl (C=O) groups excluding carboxylic acids is 1. The fourth-order valence-corrected chi connectivity index (χ4v) is 2.55. The maximum atomic E-state index is 9.69. The lowest BCUT2D eigenvalue weighted by Crippen LogP contribution is -2.17. The number of rotatable bonds is 13. The summed E-state index contributed by atoms with van der Waals surface area (Å²) in [5.41, 5.74) is 3.10. The lowest BCUT2D eigenvalue weighted by Gasteiger charge is -2.16. The number of methoxy groups -OCH3 is 1. The third-order valence-electron chi connectivity index (χ3n) is 5.33. The van der Waals surface area contributed by atoms with E-state index in [0.717, 1.165) is 31.8 Å². The first kappa shape index (κ1) is 65.7. The van der Waals surface area contributed by atoms with Gasteiger partial charge in [0.25, 0.3) is 0 Å². The van der Waals surface area contributed by atoms with E-state index < -0.39 is 0 Å². The van der Waals surface area contributed by atoms with E-state index in [9.17, 15) is 4.79 Å². The number of carbonyl (C=O) groups is 1. The standard InChI is InChI=1S/C8H8.C8H14.C7H13N.C6H10.C5H8.C4H6O.C3H6O.C3H6.C3H4.C2H6/c1-2-4-8-6-5-7(8)3-1;2*1-4-6-8(3)7-5-2;1-4-6(3)5-2;1-3-5-4-2;1-3-4(2)5;1-3-4-2;2*1-3-2;1-2/h1-4H,5-6H2;4-5,8H,1-2,6-7H2,3H3;4-5H,1-2,6-7H2,3H3;4-6H,1-2H2,3H3;3-5H,1H2,2H3;3H,1H2,2H3;3H,1H2,2H3;3H,1H2,2H3;1H,2H3;1-2H3. The molecule has 0 saturated heterocycles. The quantitative estimate of drug-likeness (QED) is 0.0669. The minimum absolute atomic E-state index is 0.0185. The molecule has 294 valence electrons. The SMILES string of the molecule is C#CC.C=CC.C=CC(C)=O.C=CC(C)C=C.C=CC=CC.C=CCC(C)CC=C.C=CCN(C)CC=C.C=COC.CC.c1ccc2c(c1)CC2. The zero-order valence-electron chi connectivity index (χ0n) is 35.5. The van der Waals surface area contributed by atoms with E-state index in [2.05, 4.69) is 119 Å². The number of ether oxygens (including phenoxy) is 1. The van der Waals surface area contributed by atoms with Crippen LogP contribution in [0.2, 0.25) is 0 Å². The summed E-state index contributed by atoms with van der Waals surface area (Å²) < 4.78 is 4.31. The van der Waals surface area contributed by atoms with Gasteiger partial charge in [-0.15, -0.1) is 58.4 Å². The van der Waals surface area contributed by atoms with Gasteiger partial charge in [-0.3, -0.25) is 9.69 Å². The van der Waals surface area contributed by atoms with Crippen LogP contribution in [0.15, 0.2) is 163 Å². The molecule has 0 radical (unpaired) electrons. The molecule has 0 heterocycles. The van der Waals surface area contributed by atoms with Crippen molar-refractivity contribution < 1.29 is 9.53 Å². The highest BCUT2D eigenvalue weighted by atomic mass is 16.5. The summed E-state index contributed by atoms with van der Waals surface area (Å²) in [7, 11) is 3.59. The monoisotopic (exact) mass is 716 g/mol. The predicted octanol–water partition coefficient (Wildman–Crippen LogP) is 14.0. The predicted molar refractivity (Wildman–Crippen MR) is 245 cm³/mol. The fraction of sp³-hybridized carbons (Fsp3) is 0.367. The molecule has 0 saturated carbocycles. The van der Waals surface area contributed by atoms with Crippen LogP contribution in [0.25, 0.3) is 0 Å². The molecule has 0 atom stereocenters. The van der Waals surface area contributed by atoms with Crippen LogP contribution in [0.3, 0.4) is 0 Å². The number of ketones is 1. The van der Waals surface area contributed by atoms with Crippen LogP contribution in [0.5, 0.6) is 0 Å². The Balaban J connectivity index is -0.0000000708. The van der Waals surface area contributed by atoms with E-state index in [1.165, 1.54) is 32.1 Å². The van der Waals surface area contributed by atoms with Crippen molar-refractivity contribution in [2.75, 3.05) is 27.2 Å². The van der Waals surface area contributed by atoms with Crippen molar-refractivity contribution in [3.8, 4) is 12.3 Å². The molecular weight excluding hydrogens is 635 g/mol. The molecule has 52 heavy (non-hydrogen) atoms. The van der Waals surface area contributed by atoms with E-state index in [-0.39, 0.29) is 5.78 Å². The smallest absolute Gasteiger partial charge is 0.152 e. The van der Waals surface area contributed by atoms with Gasteiger partial charge in [0.2, 0.25) is 0 Å². The minimum atomic E-state index is 0.0185. The number of nitrogens with zero attached hydrogens (tertiary/aromatic N) is 1. The van der Waals surface area contributed by atoms with Gasteiger partial charge in [-0.25, -0.2) is 0 Å². The molecule has 1 aliphatic carbocycles. The van der Waals surface area contributed by atoms with Crippen molar-refractivity contribution in [2.45, 2.75) is 81.1 Å². The van der Waals surface area contributed by atoms with Crippen LogP contribution in [0.4, 0.5) is 0 Å². The molecule has 2 rings (SSSR count). The number of hydrogen-bond acceptors (Lipinski definition) is 3. The fourth-order valence-electron chi connectivity index (χ4n) is 2.55. The highest BCUT2D eigenvalue weighted by Crippen LogP contribution is 2.20. The number of likely N-dealkylation sites (N-methyl/N-ethyl adjacent to an activating group) is 1. The van der Waals surface area contributed by atoms with Crippen LogP contribution in [0, 0.1) is 24.2 Å². The molecule has 0 spiro atoms. The topological polar surface area (TPSA) is 29.5 Å². The maximum Gasteiger partial charge on any atom is 0.152 e. The summed E-state index contributed by atoms with van der Waals surface area (Å²) in [6.07, 6.45) is 30.8. The zero-order valence-corrected chi connectivity index (χ0v) is 35.5. The molecule has 0 aliphatic heterocycles. The molecule has 0 unspecified atom stereocenters. The van der Waals surface area contributed by atoms with Gasteiger partial charge < -0.3 is 4.74 Å². The van der Waals surface area contributed by atoms with Crippen LogP contribution in [-0.2, 0) is 22.4 Å². The molecule has 1 aromatic carbocycles. The summed E-state index contributed by atoms with van der Waals surface area (Å²) in [6.45, 7) is 52.0. The maximum absolute atomic E-state index is 9.69. The van der Waals surface area contributed by atoms with E-state index in [4.69, 9.17) is 0 Å². The van der Waals surface area contributed by atoms with E-state index in [1.807, 2.05) is 90.3 Å². The summed E-state index contributed by atoms with van der Waals surface area (Å²) in [5, 5.41) is 0. The first-order valence-corrected chi connectivity index (χ1v) is 17.7. The lowest BCUT2D eigenvalue weighted by atomic mass is 9.89.